The molecule has 4 rings (SSSR count). The summed E-state index contributed by atoms with van der Waals surface area (Å²) >= 11 is 0. The second kappa shape index (κ2) is 14.2. The number of nitriles is 1. The van der Waals surface area contributed by atoms with Crippen LogP contribution < -0.4 is 10.9 Å². The first kappa shape index (κ1) is 29.4. The molecule has 1 fully saturated rings. The van der Waals surface area contributed by atoms with E-state index in [4.69, 9.17) is 5.26 Å². The van der Waals surface area contributed by atoms with Crippen LogP contribution in [0.15, 0.2) is 59.7 Å². The number of nitrogens with zero attached hydrogens (tertiary/aromatic N) is 3. The molecule has 0 bridgehead atoms. The number of aromatic nitrogens is 2. The van der Waals surface area contributed by atoms with Crippen LogP contribution in [0.4, 0.5) is 8.78 Å². The van der Waals surface area contributed by atoms with Gasteiger partial charge in [-0.1, -0.05) is 36.1 Å². The zero-order valence-corrected chi connectivity index (χ0v) is 22.4. The highest BCUT2D eigenvalue weighted by molar-refractivity contribution is 5.84. The summed E-state index contributed by atoms with van der Waals surface area (Å²) in [5.41, 5.74) is 2.50. The number of likely N-dealkylation sites (tertiary alicyclic amines) is 1. The molecule has 10 heteroatoms. The van der Waals surface area contributed by atoms with Gasteiger partial charge >= 0.3 is 0 Å². The Morgan fingerprint density at radius 2 is 1.68 bits per heavy atom. The molecular weight excluding hydrogens is 528 g/mol. The number of carbonyl (C=O) groups is 1. The van der Waals surface area contributed by atoms with E-state index in [2.05, 4.69) is 50.2 Å². The lowest BCUT2D eigenvalue weighted by atomic mass is 9.94. The van der Waals surface area contributed by atoms with Crippen LogP contribution in [0.1, 0.15) is 53.1 Å². The number of halogens is 2. The van der Waals surface area contributed by atoms with Crippen LogP contribution in [-0.4, -0.2) is 51.9 Å². The number of benzene rings is 2. The number of carbonyl (C=O) groups excluding carboxylic acids is 1. The van der Waals surface area contributed by atoms with Gasteiger partial charge in [0.1, 0.15) is 5.69 Å². The summed E-state index contributed by atoms with van der Waals surface area (Å²) in [7, 11) is 0. The maximum atomic E-state index is 12.7. The summed E-state index contributed by atoms with van der Waals surface area (Å²) < 4.78 is 25.3. The van der Waals surface area contributed by atoms with Crippen molar-refractivity contribution in [3.05, 3.63) is 93.2 Å². The molecule has 1 atom stereocenters. The molecule has 2 aromatic carbocycles. The summed E-state index contributed by atoms with van der Waals surface area (Å²) in [5, 5.41) is 21.2. The van der Waals surface area contributed by atoms with Gasteiger partial charge < -0.3 is 15.4 Å². The van der Waals surface area contributed by atoms with Gasteiger partial charge in [-0.3, -0.25) is 14.5 Å². The Balaban J connectivity index is 1.38. The Labute approximate surface area is 237 Å². The van der Waals surface area contributed by atoms with E-state index in [0.29, 0.717) is 17.9 Å². The highest BCUT2D eigenvalue weighted by Crippen LogP contribution is 2.25. The molecule has 3 aromatic rings. The van der Waals surface area contributed by atoms with Crippen molar-refractivity contribution < 1.29 is 18.7 Å². The number of nitrogens with one attached hydrogen (secondary N) is 2. The monoisotopic (exact) mass is 559 g/mol. The molecule has 212 valence electrons. The number of alkyl halides is 2. The first-order valence-electron chi connectivity index (χ1n) is 13.4. The molecule has 1 aromatic heterocycles. The van der Waals surface area contributed by atoms with Crippen molar-refractivity contribution >= 4 is 5.91 Å². The number of amides is 1. The standard InChI is InChI=1S/C31H31F2N5O3/c32-27(33)18-35-30(40)26(28-29(39)31(41)37-20-36-28)17-24-7-3-21(4-8-24)1-2-22-5-9-25(10-6-22)19-38-15-12-23(11-14-34)13-16-38/h3-10,20,23,26-27,39H,11-13,15-19H2,(H,35,40)(H,36,37,41). The summed E-state index contributed by atoms with van der Waals surface area (Å²) in [5.74, 6) is 4.14. The van der Waals surface area contributed by atoms with Gasteiger partial charge in [0.25, 0.3) is 12.0 Å². The predicted octanol–water partition coefficient (Wildman–Crippen LogP) is 3.71. The molecule has 0 saturated carbocycles. The summed E-state index contributed by atoms with van der Waals surface area (Å²) in [6.07, 6.45) is 1.11. The van der Waals surface area contributed by atoms with Crippen molar-refractivity contribution in [2.24, 2.45) is 5.92 Å². The molecule has 1 saturated heterocycles. The van der Waals surface area contributed by atoms with E-state index in [0.717, 1.165) is 49.9 Å². The Bertz CT molecular complexity index is 1480. The fourth-order valence-corrected chi connectivity index (χ4v) is 4.81. The van der Waals surface area contributed by atoms with Crippen molar-refractivity contribution in [3.8, 4) is 23.7 Å². The van der Waals surface area contributed by atoms with E-state index in [1.165, 1.54) is 5.56 Å². The number of H-pyrrole nitrogens is 1. The van der Waals surface area contributed by atoms with Crippen molar-refractivity contribution in [1.29, 1.82) is 5.26 Å². The average molecular weight is 560 g/mol. The summed E-state index contributed by atoms with van der Waals surface area (Å²) in [6.45, 7) is 2.04. The van der Waals surface area contributed by atoms with Gasteiger partial charge in [0.15, 0.2) is 0 Å². The highest BCUT2D eigenvalue weighted by Gasteiger charge is 2.27. The zero-order chi connectivity index (χ0) is 29.2. The van der Waals surface area contributed by atoms with Gasteiger partial charge in [0.2, 0.25) is 11.7 Å². The zero-order valence-electron chi connectivity index (χ0n) is 22.4. The number of aromatic hydroxyl groups is 1. The fourth-order valence-electron chi connectivity index (χ4n) is 4.81. The minimum absolute atomic E-state index is 0.0320. The Morgan fingerprint density at radius 1 is 1.07 bits per heavy atom. The minimum Gasteiger partial charge on any atom is -0.502 e. The third-order valence-corrected chi connectivity index (χ3v) is 7.13. The Morgan fingerprint density at radius 3 is 2.27 bits per heavy atom. The molecule has 41 heavy (non-hydrogen) atoms. The molecule has 8 nitrogen and oxygen atoms in total. The molecule has 0 spiro atoms. The molecule has 2 heterocycles. The average Bonchev–Trinajstić information content (AvgIpc) is 2.98. The molecule has 3 N–H and O–H groups in total. The van der Waals surface area contributed by atoms with Gasteiger partial charge in [-0.15, -0.1) is 0 Å². The lowest BCUT2D eigenvalue weighted by molar-refractivity contribution is -0.123. The number of piperidine rings is 1. The van der Waals surface area contributed by atoms with Crippen molar-refractivity contribution in [3.63, 3.8) is 0 Å². The molecule has 1 aliphatic rings. The Hall–Kier alpha value is -4.54. The van der Waals surface area contributed by atoms with Gasteiger partial charge in [-0.05, 0) is 73.7 Å². The maximum Gasteiger partial charge on any atom is 0.293 e. The van der Waals surface area contributed by atoms with E-state index < -0.39 is 36.1 Å². The molecular formula is C31H31F2N5O3. The topological polar surface area (TPSA) is 122 Å². The van der Waals surface area contributed by atoms with Gasteiger partial charge in [-0.2, -0.15) is 5.26 Å². The van der Waals surface area contributed by atoms with E-state index in [1.807, 2.05) is 12.1 Å². The normalized spacial score (nSPS) is 14.6. The highest BCUT2D eigenvalue weighted by atomic mass is 19.3. The van der Waals surface area contributed by atoms with Crippen LogP contribution in [0, 0.1) is 29.1 Å². The Kier molecular flexibility index (Phi) is 10.2. The maximum absolute atomic E-state index is 12.7. The quantitative estimate of drug-likeness (QED) is 0.344. The molecule has 0 radical (unpaired) electrons. The van der Waals surface area contributed by atoms with Crippen LogP contribution >= 0.6 is 0 Å². The minimum atomic E-state index is -2.74. The third-order valence-electron chi connectivity index (χ3n) is 7.13. The molecule has 0 aliphatic carbocycles. The van der Waals surface area contributed by atoms with Gasteiger partial charge in [0.05, 0.1) is 24.9 Å². The van der Waals surface area contributed by atoms with Crippen molar-refractivity contribution in [2.75, 3.05) is 19.6 Å². The summed E-state index contributed by atoms with van der Waals surface area (Å²) in [6, 6.07) is 17.5. The molecule has 1 unspecified atom stereocenters. The molecule has 1 amide bonds. The first-order chi connectivity index (χ1) is 19.8. The van der Waals surface area contributed by atoms with Crippen LogP contribution in [0.5, 0.6) is 5.75 Å². The van der Waals surface area contributed by atoms with Crippen molar-refractivity contribution in [1.82, 2.24) is 20.2 Å². The predicted molar refractivity (Wildman–Crippen MR) is 149 cm³/mol. The second-order valence-electron chi connectivity index (χ2n) is 10.1. The van der Waals surface area contributed by atoms with E-state index >= 15 is 0 Å². The smallest absolute Gasteiger partial charge is 0.293 e. The molecule has 1 aliphatic heterocycles. The third kappa shape index (κ3) is 8.47. The van der Waals surface area contributed by atoms with Crippen molar-refractivity contribution in [2.45, 2.75) is 44.6 Å². The number of hydrogen-bond acceptors (Lipinski definition) is 6. The fraction of sp³-hybridized carbons (Fsp3) is 0.355. The van der Waals surface area contributed by atoms with E-state index in [1.54, 1.807) is 24.3 Å². The largest absolute Gasteiger partial charge is 0.502 e. The van der Waals surface area contributed by atoms with Gasteiger partial charge in [0, 0.05) is 24.1 Å². The number of rotatable bonds is 9. The van der Waals surface area contributed by atoms with Crippen LogP contribution in [0.3, 0.4) is 0 Å². The first-order valence-corrected chi connectivity index (χ1v) is 13.4. The van der Waals surface area contributed by atoms with E-state index in [-0.39, 0.29) is 12.1 Å². The van der Waals surface area contributed by atoms with Crippen LogP contribution in [0.2, 0.25) is 0 Å². The van der Waals surface area contributed by atoms with Crippen LogP contribution in [-0.2, 0) is 17.8 Å². The summed E-state index contributed by atoms with van der Waals surface area (Å²) in [4.78, 5) is 33.1. The van der Waals surface area contributed by atoms with E-state index in [9.17, 15) is 23.5 Å². The van der Waals surface area contributed by atoms with Gasteiger partial charge in [-0.25, -0.2) is 13.8 Å². The lowest BCUT2D eigenvalue weighted by Crippen LogP contribution is -2.34. The SMILES string of the molecule is N#CCC1CCN(Cc2ccc(C#Cc3ccc(CC(C(=O)NCC(F)F)c4nc[nH]c(=O)c4O)cc3)cc2)CC1. The van der Waals surface area contributed by atoms with Crippen LogP contribution in [0.25, 0.3) is 0 Å². The number of hydrogen-bond donors (Lipinski definition) is 3. The lowest BCUT2D eigenvalue weighted by Gasteiger charge is -2.30. The number of aromatic amines is 1. The second-order valence-corrected chi connectivity index (χ2v) is 10.1.